The highest BCUT2D eigenvalue weighted by Crippen LogP contribution is 2.18. The van der Waals surface area contributed by atoms with Gasteiger partial charge in [-0.3, -0.25) is 4.79 Å². The van der Waals surface area contributed by atoms with Crippen molar-refractivity contribution in [1.29, 1.82) is 0 Å². The Bertz CT molecular complexity index is 580. The predicted octanol–water partition coefficient (Wildman–Crippen LogP) is 3.45. The number of carbonyl (C=O) groups is 1. The van der Waals surface area contributed by atoms with Crippen molar-refractivity contribution >= 4 is 33.2 Å². The Kier molecular flexibility index (Phi) is 4.14. The number of benzene rings is 1. The first-order valence-electron chi connectivity index (χ1n) is 5.51. The largest absolute Gasteiger partial charge is 0.346 e. The minimum Gasteiger partial charge on any atom is -0.346 e. The van der Waals surface area contributed by atoms with Crippen molar-refractivity contribution in [2.24, 2.45) is 0 Å². The molecule has 1 aromatic heterocycles. The quantitative estimate of drug-likeness (QED) is 0.939. The second-order valence-corrected chi connectivity index (χ2v) is 5.94. The van der Waals surface area contributed by atoms with Gasteiger partial charge < -0.3 is 5.32 Å². The zero-order chi connectivity index (χ0) is 13.1. The Labute approximate surface area is 118 Å². The van der Waals surface area contributed by atoms with E-state index in [0.29, 0.717) is 12.1 Å². The van der Waals surface area contributed by atoms with E-state index in [1.165, 1.54) is 0 Å². The average molecular weight is 325 g/mol. The van der Waals surface area contributed by atoms with Gasteiger partial charge in [0.2, 0.25) is 0 Å². The lowest BCUT2D eigenvalue weighted by molar-refractivity contribution is 0.0949. The first-order chi connectivity index (χ1) is 8.56. The summed E-state index contributed by atoms with van der Waals surface area (Å²) in [5, 5.41) is 5.83. The van der Waals surface area contributed by atoms with Crippen LogP contribution in [0.15, 0.2) is 28.1 Å². The normalized spacial score (nSPS) is 10.4. The summed E-state index contributed by atoms with van der Waals surface area (Å²) in [4.78, 5) is 16.3. The molecule has 1 aromatic carbocycles. The molecule has 0 atom stereocenters. The number of carbonyl (C=O) groups excluding carboxylic acids is 1. The van der Waals surface area contributed by atoms with Gasteiger partial charge in [-0.05, 0) is 47.5 Å². The topological polar surface area (TPSA) is 42.0 Å². The summed E-state index contributed by atoms with van der Waals surface area (Å²) in [6.07, 6.45) is 0. The number of aromatic nitrogens is 1. The van der Waals surface area contributed by atoms with E-state index in [9.17, 15) is 4.79 Å². The van der Waals surface area contributed by atoms with E-state index < -0.39 is 0 Å². The lowest BCUT2D eigenvalue weighted by Crippen LogP contribution is -2.23. The van der Waals surface area contributed by atoms with Crippen LogP contribution < -0.4 is 5.32 Å². The SMILES string of the molecule is Cc1ccc(C(=O)NCc2csc(C)n2)c(Br)c1. The van der Waals surface area contributed by atoms with E-state index in [0.717, 1.165) is 20.7 Å². The molecule has 0 saturated heterocycles. The molecule has 0 unspecified atom stereocenters. The van der Waals surface area contributed by atoms with Crippen LogP contribution in [0.3, 0.4) is 0 Å². The molecular weight excluding hydrogens is 312 g/mol. The van der Waals surface area contributed by atoms with Gasteiger partial charge >= 0.3 is 0 Å². The molecule has 0 radical (unpaired) electrons. The summed E-state index contributed by atoms with van der Waals surface area (Å²) in [5.41, 5.74) is 2.66. The maximum absolute atomic E-state index is 12.0. The fourth-order valence-corrected chi connectivity index (χ4v) is 2.85. The number of amides is 1. The average Bonchev–Trinajstić information content (AvgIpc) is 2.72. The van der Waals surface area contributed by atoms with Crippen LogP contribution in [0.1, 0.15) is 26.6 Å². The predicted molar refractivity (Wildman–Crippen MR) is 76.9 cm³/mol. The molecule has 1 N–H and O–H groups in total. The minimum atomic E-state index is -0.0903. The highest BCUT2D eigenvalue weighted by molar-refractivity contribution is 9.10. The highest BCUT2D eigenvalue weighted by Gasteiger charge is 2.10. The summed E-state index contributed by atoms with van der Waals surface area (Å²) >= 11 is 4.99. The van der Waals surface area contributed by atoms with Crippen LogP contribution in [-0.2, 0) is 6.54 Å². The van der Waals surface area contributed by atoms with Gasteiger partial charge in [0.25, 0.3) is 5.91 Å². The standard InChI is InChI=1S/C13H13BrN2OS/c1-8-3-4-11(12(14)5-8)13(17)15-6-10-7-18-9(2)16-10/h3-5,7H,6H2,1-2H3,(H,15,17). The molecule has 0 aliphatic heterocycles. The summed E-state index contributed by atoms with van der Waals surface area (Å²) < 4.78 is 0.814. The van der Waals surface area contributed by atoms with Crippen molar-refractivity contribution in [2.45, 2.75) is 20.4 Å². The minimum absolute atomic E-state index is 0.0903. The lowest BCUT2D eigenvalue weighted by Gasteiger charge is -2.06. The first-order valence-corrected chi connectivity index (χ1v) is 7.19. The molecule has 3 nitrogen and oxygen atoms in total. The zero-order valence-electron chi connectivity index (χ0n) is 10.2. The fraction of sp³-hybridized carbons (Fsp3) is 0.231. The number of nitrogens with zero attached hydrogens (tertiary/aromatic N) is 1. The van der Waals surface area contributed by atoms with Gasteiger partial charge in [-0.2, -0.15) is 0 Å². The van der Waals surface area contributed by atoms with Crippen LogP contribution in [0.5, 0.6) is 0 Å². The van der Waals surface area contributed by atoms with Gasteiger partial charge in [-0.15, -0.1) is 11.3 Å². The van der Waals surface area contributed by atoms with E-state index in [-0.39, 0.29) is 5.91 Å². The van der Waals surface area contributed by atoms with Crippen LogP contribution in [0, 0.1) is 13.8 Å². The van der Waals surface area contributed by atoms with Crippen molar-refractivity contribution in [3.05, 3.63) is 49.9 Å². The van der Waals surface area contributed by atoms with Crippen LogP contribution in [0.25, 0.3) is 0 Å². The molecule has 1 amide bonds. The zero-order valence-corrected chi connectivity index (χ0v) is 12.6. The molecule has 0 aliphatic carbocycles. The Morgan fingerprint density at radius 1 is 1.44 bits per heavy atom. The Morgan fingerprint density at radius 2 is 2.22 bits per heavy atom. The Morgan fingerprint density at radius 3 is 2.83 bits per heavy atom. The van der Waals surface area contributed by atoms with Crippen LogP contribution in [-0.4, -0.2) is 10.9 Å². The molecule has 94 valence electrons. The number of rotatable bonds is 3. The molecule has 18 heavy (non-hydrogen) atoms. The van der Waals surface area contributed by atoms with Gasteiger partial charge in [-0.25, -0.2) is 4.98 Å². The first kappa shape index (κ1) is 13.2. The van der Waals surface area contributed by atoms with E-state index >= 15 is 0 Å². The number of thiazole rings is 1. The maximum atomic E-state index is 12.0. The van der Waals surface area contributed by atoms with Gasteiger partial charge in [0.15, 0.2) is 0 Å². The molecule has 0 spiro atoms. The third-order valence-electron chi connectivity index (χ3n) is 2.47. The molecule has 0 bridgehead atoms. The summed E-state index contributed by atoms with van der Waals surface area (Å²) in [6.45, 7) is 4.40. The molecule has 0 aliphatic rings. The number of hydrogen-bond acceptors (Lipinski definition) is 3. The van der Waals surface area contributed by atoms with E-state index in [2.05, 4.69) is 26.2 Å². The van der Waals surface area contributed by atoms with Crippen LogP contribution in [0.2, 0.25) is 0 Å². The number of nitrogens with one attached hydrogen (secondary N) is 1. The summed E-state index contributed by atoms with van der Waals surface area (Å²) in [7, 11) is 0. The van der Waals surface area contributed by atoms with E-state index in [1.54, 1.807) is 11.3 Å². The molecule has 0 fully saturated rings. The van der Waals surface area contributed by atoms with Gasteiger partial charge in [-0.1, -0.05) is 6.07 Å². The number of hydrogen-bond donors (Lipinski definition) is 1. The van der Waals surface area contributed by atoms with Crippen molar-refractivity contribution in [1.82, 2.24) is 10.3 Å². The fourth-order valence-electron chi connectivity index (χ4n) is 1.56. The third kappa shape index (κ3) is 3.17. The molecule has 1 heterocycles. The van der Waals surface area contributed by atoms with Gasteiger partial charge in [0, 0.05) is 9.85 Å². The van der Waals surface area contributed by atoms with Crippen molar-refractivity contribution in [2.75, 3.05) is 0 Å². The molecule has 2 rings (SSSR count). The van der Waals surface area contributed by atoms with Crippen molar-refractivity contribution in [3.63, 3.8) is 0 Å². The maximum Gasteiger partial charge on any atom is 0.252 e. The van der Waals surface area contributed by atoms with E-state index in [1.807, 2.05) is 37.4 Å². The molecule has 2 aromatic rings. The van der Waals surface area contributed by atoms with Crippen molar-refractivity contribution in [3.8, 4) is 0 Å². The third-order valence-corrected chi connectivity index (χ3v) is 3.94. The van der Waals surface area contributed by atoms with Gasteiger partial charge in [0.1, 0.15) is 0 Å². The Hall–Kier alpha value is -1.20. The number of halogens is 1. The lowest BCUT2D eigenvalue weighted by atomic mass is 10.1. The highest BCUT2D eigenvalue weighted by atomic mass is 79.9. The second kappa shape index (κ2) is 5.63. The van der Waals surface area contributed by atoms with Crippen LogP contribution in [0.4, 0.5) is 0 Å². The monoisotopic (exact) mass is 324 g/mol. The van der Waals surface area contributed by atoms with Gasteiger partial charge in [0.05, 0.1) is 22.8 Å². The van der Waals surface area contributed by atoms with E-state index in [4.69, 9.17) is 0 Å². The second-order valence-electron chi connectivity index (χ2n) is 4.02. The van der Waals surface area contributed by atoms with Crippen molar-refractivity contribution < 1.29 is 4.79 Å². The molecule has 0 saturated carbocycles. The smallest absolute Gasteiger partial charge is 0.252 e. The van der Waals surface area contributed by atoms with Crippen LogP contribution >= 0.6 is 27.3 Å². The summed E-state index contributed by atoms with van der Waals surface area (Å²) in [6, 6.07) is 5.68. The number of aryl methyl sites for hydroxylation is 2. The summed E-state index contributed by atoms with van der Waals surface area (Å²) in [5.74, 6) is -0.0903. The Balaban J connectivity index is 2.03. The molecule has 5 heteroatoms. The molecular formula is C13H13BrN2OS.